The van der Waals surface area contributed by atoms with E-state index < -0.39 is 0 Å². The molecule has 26 heavy (non-hydrogen) atoms. The van der Waals surface area contributed by atoms with Gasteiger partial charge in [0.1, 0.15) is 11.6 Å². The van der Waals surface area contributed by atoms with E-state index in [0.717, 1.165) is 51.6 Å². The number of halogens is 1. The summed E-state index contributed by atoms with van der Waals surface area (Å²) in [5.41, 5.74) is 1.00. The van der Waals surface area contributed by atoms with E-state index in [0.29, 0.717) is 23.7 Å². The SMILES string of the molecule is CC(=O)C1(C2CC2C#N)CCC(N2CCC(c3ccc(F)cc3)CC2)C1. The van der Waals surface area contributed by atoms with E-state index in [1.165, 1.54) is 5.56 Å². The molecule has 2 aliphatic carbocycles. The van der Waals surface area contributed by atoms with Gasteiger partial charge in [-0.2, -0.15) is 5.26 Å². The van der Waals surface area contributed by atoms with Gasteiger partial charge in [0.15, 0.2) is 0 Å². The first kappa shape index (κ1) is 17.7. The molecule has 3 nitrogen and oxygen atoms in total. The maximum atomic E-state index is 13.1. The number of likely N-dealkylation sites (tertiary alicyclic amines) is 1. The van der Waals surface area contributed by atoms with Crippen LogP contribution in [0.5, 0.6) is 0 Å². The van der Waals surface area contributed by atoms with Gasteiger partial charge in [-0.25, -0.2) is 4.39 Å². The lowest BCUT2D eigenvalue weighted by Gasteiger charge is -2.37. The minimum atomic E-state index is -0.237. The Morgan fingerprint density at radius 1 is 1.23 bits per heavy atom. The van der Waals surface area contributed by atoms with Crippen LogP contribution in [0, 0.1) is 34.4 Å². The Bertz CT molecular complexity index is 717. The number of carbonyl (C=O) groups is 1. The fourth-order valence-electron chi connectivity index (χ4n) is 5.56. The van der Waals surface area contributed by atoms with Crippen molar-refractivity contribution in [2.24, 2.45) is 17.3 Å². The van der Waals surface area contributed by atoms with Crippen LogP contribution in [-0.4, -0.2) is 29.8 Å². The smallest absolute Gasteiger partial charge is 0.136 e. The Kier molecular flexibility index (Phi) is 4.61. The summed E-state index contributed by atoms with van der Waals surface area (Å²) in [5, 5.41) is 9.21. The lowest BCUT2D eigenvalue weighted by Crippen LogP contribution is -2.41. The van der Waals surface area contributed by atoms with E-state index in [4.69, 9.17) is 0 Å². The van der Waals surface area contributed by atoms with Crippen LogP contribution < -0.4 is 0 Å². The van der Waals surface area contributed by atoms with Crippen LogP contribution in [-0.2, 0) is 4.79 Å². The normalized spacial score (nSPS) is 35.2. The molecule has 4 heteroatoms. The minimum absolute atomic E-state index is 0.0989. The number of hydrogen-bond donors (Lipinski definition) is 0. The molecule has 4 atom stereocenters. The van der Waals surface area contributed by atoms with Crippen molar-refractivity contribution in [1.82, 2.24) is 4.90 Å². The second-order valence-corrected chi connectivity index (χ2v) is 8.55. The van der Waals surface area contributed by atoms with E-state index in [1.54, 1.807) is 19.1 Å². The molecule has 3 aliphatic rings. The van der Waals surface area contributed by atoms with E-state index in [1.807, 2.05) is 12.1 Å². The van der Waals surface area contributed by atoms with Crippen LogP contribution in [0.1, 0.15) is 56.9 Å². The molecular weight excluding hydrogens is 327 g/mol. The standard InChI is InChI=1S/C22H27FN2O/c1-15(26)22(21-12-18(21)14-24)9-6-20(13-22)25-10-7-17(8-11-25)16-2-4-19(23)5-3-16/h2-5,17-18,20-21H,6-13H2,1H3. The molecule has 0 aromatic heterocycles. The number of rotatable bonds is 4. The zero-order chi connectivity index (χ0) is 18.3. The molecule has 0 amide bonds. The third-order valence-corrected chi connectivity index (χ3v) is 7.28. The maximum Gasteiger partial charge on any atom is 0.136 e. The molecule has 1 aliphatic heterocycles. The maximum absolute atomic E-state index is 13.1. The van der Waals surface area contributed by atoms with Crippen LogP contribution in [0.4, 0.5) is 4.39 Å². The number of nitriles is 1. The molecule has 1 heterocycles. The van der Waals surface area contributed by atoms with Gasteiger partial charge in [0, 0.05) is 11.5 Å². The van der Waals surface area contributed by atoms with Gasteiger partial charge >= 0.3 is 0 Å². The molecular formula is C22H27FN2O. The zero-order valence-corrected chi connectivity index (χ0v) is 15.5. The summed E-state index contributed by atoms with van der Waals surface area (Å²) < 4.78 is 13.1. The van der Waals surface area contributed by atoms with Crippen LogP contribution in [0.3, 0.4) is 0 Å². The Labute approximate surface area is 155 Å². The second-order valence-electron chi connectivity index (χ2n) is 8.55. The molecule has 0 radical (unpaired) electrons. The highest BCUT2D eigenvalue weighted by Crippen LogP contribution is 2.59. The average molecular weight is 354 g/mol. The summed E-state index contributed by atoms with van der Waals surface area (Å²) in [6, 6.07) is 9.80. The number of nitrogens with zero attached hydrogens (tertiary/aromatic N) is 2. The van der Waals surface area contributed by atoms with Gasteiger partial charge in [-0.15, -0.1) is 0 Å². The highest BCUT2D eigenvalue weighted by molar-refractivity contribution is 5.83. The number of piperidine rings is 1. The molecule has 3 fully saturated rings. The van der Waals surface area contributed by atoms with Gasteiger partial charge in [-0.05, 0) is 88.1 Å². The summed E-state index contributed by atoms with van der Waals surface area (Å²) in [7, 11) is 0. The lowest BCUT2D eigenvalue weighted by molar-refractivity contribution is -0.127. The van der Waals surface area contributed by atoms with Crippen molar-refractivity contribution in [3.05, 3.63) is 35.6 Å². The Morgan fingerprint density at radius 3 is 2.50 bits per heavy atom. The van der Waals surface area contributed by atoms with E-state index in [9.17, 15) is 14.4 Å². The second kappa shape index (κ2) is 6.78. The molecule has 0 bridgehead atoms. The molecule has 2 saturated carbocycles. The van der Waals surface area contributed by atoms with Gasteiger partial charge in [0.2, 0.25) is 0 Å². The topological polar surface area (TPSA) is 44.1 Å². The highest BCUT2D eigenvalue weighted by atomic mass is 19.1. The fourth-order valence-corrected chi connectivity index (χ4v) is 5.56. The summed E-state index contributed by atoms with van der Waals surface area (Å²) >= 11 is 0. The largest absolute Gasteiger partial charge is 0.300 e. The minimum Gasteiger partial charge on any atom is -0.300 e. The first-order valence-corrected chi connectivity index (χ1v) is 9.93. The Morgan fingerprint density at radius 2 is 1.92 bits per heavy atom. The number of Topliss-reactive ketones (excluding diaryl/α,β-unsaturated/α-hetero) is 1. The first-order chi connectivity index (χ1) is 12.5. The van der Waals surface area contributed by atoms with Gasteiger partial charge in [0.05, 0.1) is 12.0 Å². The monoisotopic (exact) mass is 354 g/mol. The lowest BCUT2D eigenvalue weighted by atomic mass is 9.76. The van der Waals surface area contributed by atoms with E-state index in [2.05, 4.69) is 11.0 Å². The van der Waals surface area contributed by atoms with Gasteiger partial charge in [0.25, 0.3) is 0 Å². The van der Waals surface area contributed by atoms with E-state index in [-0.39, 0.29) is 17.2 Å². The van der Waals surface area contributed by atoms with Crippen LogP contribution >= 0.6 is 0 Å². The summed E-state index contributed by atoms with van der Waals surface area (Å²) in [6.07, 6.45) is 6.07. The molecule has 1 aromatic carbocycles. The van der Waals surface area contributed by atoms with Gasteiger partial charge < -0.3 is 4.90 Å². The highest BCUT2D eigenvalue weighted by Gasteiger charge is 2.58. The number of benzene rings is 1. The first-order valence-electron chi connectivity index (χ1n) is 9.93. The third kappa shape index (κ3) is 3.07. The molecule has 138 valence electrons. The van der Waals surface area contributed by atoms with Gasteiger partial charge in [-0.1, -0.05) is 12.1 Å². The van der Waals surface area contributed by atoms with Crippen LogP contribution in [0.15, 0.2) is 24.3 Å². The number of hydrogen-bond acceptors (Lipinski definition) is 3. The zero-order valence-electron chi connectivity index (χ0n) is 15.5. The van der Waals surface area contributed by atoms with Crippen molar-refractivity contribution in [3.8, 4) is 6.07 Å². The number of carbonyl (C=O) groups excluding carboxylic acids is 1. The van der Waals surface area contributed by atoms with Crippen molar-refractivity contribution in [2.75, 3.05) is 13.1 Å². The molecule has 1 saturated heterocycles. The van der Waals surface area contributed by atoms with Gasteiger partial charge in [-0.3, -0.25) is 4.79 Å². The summed E-state index contributed by atoms with van der Waals surface area (Å²) in [4.78, 5) is 15.0. The Balaban J connectivity index is 1.37. The molecule has 4 rings (SSSR count). The Hall–Kier alpha value is -1.73. The van der Waals surface area contributed by atoms with E-state index >= 15 is 0 Å². The van der Waals surface area contributed by atoms with Crippen LogP contribution in [0.2, 0.25) is 0 Å². The predicted molar refractivity (Wildman–Crippen MR) is 97.9 cm³/mol. The third-order valence-electron chi connectivity index (χ3n) is 7.28. The molecule has 0 spiro atoms. The predicted octanol–water partition coefficient (Wildman–Crippen LogP) is 4.29. The fraction of sp³-hybridized carbons (Fsp3) is 0.636. The average Bonchev–Trinajstić information content (AvgIpc) is 3.32. The van der Waals surface area contributed by atoms with Crippen LogP contribution in [0.25, 0.3) is 0 Å². The molecule has 4 unspecified atom stereocenters. The van der Waals surface area contributed by atoms with Crippen molar-refractivity contribution >= 4 is 5.78 Å². The van der Waals surface area contributed by atoms with Crippen molar-refractivity contribution in [3.63, 3.8) is 0 Å². The number of ketones is 1. The quantitative estimate of drug-likeness (QED) is 0.810. The van der Waals surface area contributed by atoms with Crippen molar-refractivity contribution in [1.29, 1.82) is 5.26 Å². The van der Waals surface area contributed by atoms with Crippen molar-refractivity contribution in [2.45, 2.75) is 57.4 Å². The molecule has 1 aromatic rings. The molecule has 0 N–H and O–H groups in total. The summed E-state index contributed by atoms with van der Waals surface area (Å²) in [5.74, 6) is 1.03. The summed E-state index contributed by atoms with van der Waals surface area (Å²) in [6.45, 7) is 3.83. The van der Waals surface area contributed by atoms with Crippen molar-refractivity contribution < 1.29 is 9.18 Å².